The molecule has 2 aromatic carbocycles. The molecule has 0 unspecified atom stereocenters. The van der Waals surface area contributed by atoms with Gasteiger partial charge in [-0.15, -0.1) is 0 Å². The zero-order valence-electron chi connectivity index (χ0n) is 15.5. The second-order valence-corrected chi connectivity index (χ2v) is 6.68. The van der Waals surface area contributed by atoms with Crippen LogP contribution in [0.25, 0.3) is 0 Å². The first-order valence-electron chi connectivity index (χ1n) is 9.22. The number of hydrogen-bond acceptors (Lipinski definition) is 4. The van der Waals surface area contributed by atoms with Crippen molar-refractivity contribution in [2.75, 3.05) is 35.7 Å². The number of hydrogen-bond donors (Lipinski definition) is 2. The first kappa shape index (κ1) is 18.1. The molecular weight excluding hydrogens is 326 g/mol. The Morgan fingerprint density at radius 3 is 2.46 bits per heavy atom. The highest BCUT2D eigenvalue weighted by atomic mass is 16.5. The lowest BCUT2D eigenvalue weighted by Gasteiger charge is -2.29. The summed E-state index contributed by atoms with van der Waals surface area (Å²) >= 11 is 0. The van der Waals surface area contributed by atoms with E-state index in [0.717, 1.165) is 30.2 Å². The molecule has 0 spiro atoms. The van der Waals surface area contributed by atoms with Gasteiger partial charge in [0, 0.05) is 36.2 Å². The number of nitrogens with zero attached hydrogens (tertiary/aromatic N) is 1. The van der Waals surface area contributed by atoms with Crippen LogP contribution in [-0.4, -0.2) is 32.1 Å². The summed E-state index contributed by atoms with van der Waals surface area (Å²) in [5, 5.41) is 6.17. The van der Waals surface area contributed by atoms with Crippen molar-refractivity contribution in [2.45, 2.75) is 32.2 Å². The molecule has 2 aromatic rings. The van der Waals surface area contributed by atoms with Crippen LogP contribution in [0.2, 0.25) is 0 Å². The Labute approximate surface area is 155 Å². The van der Waals surface area contributed by atoms with E-state index in [-0.39, 0.29) is 11.9 Å². The molecule has 5 nitrogen and oxygen atoms in total. The third-order valence-corrected chi connectivity index (χ3v) is 4.70. The molecule has 1 aliphatic rings. The zero-order valence-corrected chi connectivity index (χ0v) is 15.5. The van der Waals surface area contributed by atoms with Gasteiger partial charge in [-0.2, -0.15) is 0 Å². The largest absolute Gasteiger partial charge is 0.497 e. The molecule has 0 saturated carbocycles. The van der Waals surface area contributed by atoms with Crippen molar-refractivity contribution in [3.8, 4) is 5.75 Å². The quantitative estimate of drug-likeness (QED) is 0.820. The molecule has 1 saturated heterocycles. The van der Waals surface area contributed by atoms with Crippen LogP contribution < -0.4 is 20.3 Å². The van der Waals surface area contributed by atoms with Crippen molar-refractivity contribution in [2.24, 2.45) is 0 Å². The second kappa shape index (κ2) is 8.61. The lowest BCUT2D eigenvalue weighted by atomic mass is 10.1. The van der Waals surface area contributed by atoms with E-state index in [2.05, 4.69) is 27.7 Å². The molecule has 3 rings (SSSR count). The zero-order chi connectivity index (χ0) is 18.4. The van der Waals surface area contributed by atoms with Crippen LogP contribution in [-0.2, 0) is 4.79 Å². The minimum absolute atomic E-state index is 0.0849. The van der Waals surface area contributed by atoms with Gasteiger partial charge in [0.25, 0.3) is 0 Å². The highest BCUT2D eigenvalue weighted by Crippen LogP contribution is 2.22. The van der Waals surface area contributed by atoms with E-state index in [1.165, 1.54) is 24.9 Å². The molecule has 1 amide bonds. The molecule has 0 radical (unpaired) electrons. The number of anilines is 3. The van der Waals surface area contributed by atoms with Gasteiger partial charge in [0.2, 0.25) is 5.91 Å². The van der Waals surface area contributed by atoms with Gasteiger partial charge in [0.1, 0.15) is 11.8 Å². The lowest BCUT2D eigenvalue weighted by molar-refractivity contribution is -0.116. The second-order valence-electron chi connectivity index (χ2n) is 6.68. The monoisotopic (exact) mass is 353 g/mol. The standard InChI is InChI=1S/C21H27N3O2/c1-16(21(25)23-18-7-6-8-20(15-18)26-2)22-17-9-11-19(12-10-17)24-13-4-3-5-14-24/h6-12,15-16,22H,3-5,13-14H2,1-2H3,(H,23,25)/t16-/m0/s1. The molecule has 138 valence electrons. The van der Waals surface area contributed by atoms with Crippen LogP contribution in [0.5, 0.6) is 5.75 Å². The maximum absolute atomic E-state index is 12.4. The normalized spacial score (nSPS) is 15.2. The Morgan fingerprint density at radius 2 is 1.77 bits per heavy atom. The van der Waals surface area contributed by atoms with Crippen molar-refractivity contribution in [3.63, 3.8) is 0 Å². The number of benzene rings is 2. The molecule has 1 atom stereocenters. The smallest absolute Gasteiger partial charge is 0.246 e. The number of nitrogens with one attached hydrogen (secondary N) is 2. The summed E-state index contributed by atoms with van der Waals surface area (Å²) in [4.78, 5) is 14.8. The van der Waals surface area contributed by atoms with E-state index >= 15 is 0 Å². The molecule has 0 aromatic heterocycles. The summed E-state index contributed by atoms with van der Waals surface area (Å²) in [5.41, 5.74) is 2.92. The van der Waals surface area contributed by atoms with Crippen LogP contribution in [0.3, 0.4) is 0 Å². The summed E-state index contributed by atoms with van der Waals surface area (Å²) in [6, 6.07) is 15.3. The molecule has 2 N–H and O–H groups in total. The molecule has 0 bridgehead atoms. The van der Waals surface area contributed by atoms with Gasteiger partial charge in [-0.1, -0.05) is 6.07 Å². The summed E-state index contributed by atoms with van der Waals surface area (Å²) in [5.74, 6) is 0.634. The molecule has 1 aliphatic heterocycles. The summed E-state index contributed by atoms with van der Waals surface area (Å²) in [6.07, 6.45) is 3.86. The van der Waals surface area contributed by atoms with Crippen molar-refractivity contribution in [1.82, 2.24) is 0 Å². The Bertz CT molecular complexity index is 724. The van der Waals surface area contributed by atoms with E-state index in [1.807, 2.05) is 37.3 Å². The third kappa shape index (κ3) is 4.69. The number of methoxy groups -OCH3 is 1. The first-order chi connectivity index (χ1) is 12.7. The van der Waals surface area contributed by atoms with E-state index in [1.54, 1.807) is 13.2 Å². The number of rotatable bonds is 6. The van der Waals surface area contributed by atoms with Crippen molar-refractivity contribution >= 4 is 23.0 Å². The maximum Gasteiger partial charge on any atom is 0.246 e. The average molecular weight is 353 g/mol. The van der Waals surface area contributed by atoms with E-state index in [4.69, 9.17) is 4.74 Å². The molecule has 1 heterocycles. The number of ether oxygens (including phenoxy) is 1. The summed E-state index contributed by atoms with van der Waals surface area (Å²) in [7, 11) is 1.61. The van der Waals surface area contributed by atoms with Gasteiger partial charge >= 0.3 is 0 Å². The Kier molecular flexibility index (Phi) is 6.00. The van der Waals surface area contributed by atoms with Crippen LogP contribution in [0.4, 0.5) is 17.1 Å². The lowest BCUT2D eigenvalue weighted by Crippen LogP contribution is -2.32. The number of piperidine rings is 1. The van der Waals surface area contributed by atoms with Crippen molar-refractivity contribution in [1.29, 1.82) is 0 Å². The van der Waals surface area contributed by atoms with Gasteiger partial charge in [-0.25, -0.2) is 0 Å². The van der Waals surface area contributed by atoms with Gasteiger partial charge in [0.05, 0.1) is 7.11 Å². The highest BCUT2D eigenvalue weighted by Gasteiger charge is 2.14. The number of amides is 1. The van der Waals surface area contributed by atoms with Crippen LogP contribution in [0.1, 0.15) is 26.2 Å². The van der Waals surface area contributed by atoms with Crippen LogP contribution in [0.15, 0.2) is 48.5 Å². The Morgan fingerprint density at radius 1 is 1.04 bits per heavy atom. The van der Waals surface area contributed by atoms with E-state index in [0.29, 0.717) is 0 Å². The predicted molar refractivity (Wildman–Crippen MR) is 107 cm³/mol. The molecule has 5 heteroatoms. The molecule has 1 fully saturated rings. The first-order valence-corrected chi connectivity index (χ1v) is 9.22. The minimum Gasteiger partial charge on any atom is -0.497 e. The summed E-state index contributed by atoms with van der Waals surface area (Å²) in [6.45, 7) is 4.12. The fourth-order valence-corrected chi connectivity index (χ4v) is 3.19. The Hall–Kier alpha value is -2.69. The average Bonchev–Trinajstić information content (AvgIpc) is 2.69. The van der Waals surface area contributed by atoms with Gasteiger partial charge < -0.3 is 20.3 Å². The fourth-order valence-electron chi connectivity index (χ4n) is 3.19. The molecule has 0 aliphatic carbocycles. The topological polar surface area (TPSA) is 53.6 Å². The predicted octanol–water partition coefficient (Wildman–Crippen LogP) is 4.12. The van der Waals surface area contributed by atoms with Crippen molar-refractivity contribution in [3.05, 3.63) is 48.5 Å². The maximum atomic E-state index is 12.4. The van der Waals surface area contributed by atoms with Crippen LogP contribution >= 0.6 is 0 Å². The molecular formula is C21H27N3O2. The van der Waals surface area contributed by atoms with Crippen LogP contribution in [0, 0.1) is 0 Å². The number of carbonyl (C=O) groups is 1. The third-order valence-electron chi connectivity index (χ3n) is 4.70. The van der Waals surface area contributed by atoms with Gasteiger partial charge in [0.15, 0.2) is 0 Å². The van der Waals surface area contributed by atoms with Crippen molar-refractivity contribution < 1.29 is 9.53 Å². The fraction of sp³-hybridized carbons (Fsp3) is 0.381. The SMILES string of the molecule is COc1cccc(NC(=O)[C@H](C)Nc2ccc(N3CCCCC3)cc2)c1. The van der Waals surface area contributed by atoms with E-state index < -0.39 is 0 Å². The summed E-state index contributed by atoms with van der Waals surface area (Å²) < 4.78 is 5.18. The van der Waals surface area contributed by atoms with Gasteiger partial charge in [-0.3, -0.25) is 4.79 Å². The molecule has 26 heavy (non-hydrogen) atoms. The number of carbonyl (C=O) groups excluding carboxylic acids is 1. The Balaban J connectivity index is 1.56. The van der Waals surface area contributed by atoms with E-state index in [9.17, 15) is 4.79 Å². The van der Waals surface area contributed by atoms with Gasteiger partial charge in [-0.05, 0) is 62.6 Å². The highest BCUT2D eigenvalue weighted by molar-refractivity contribution is 5.96. The minimum atomic E-state index is -0.345.